The molecule has 0 aliphatic carbocycles. The van der Waals surface area contributed by atoms with Gasteiger partial charge in [-0.25, -0.2) is 22.8 Å². The Kier molecular flexibility index (Phi) is 3.88. The zero-order valence-electron chi connectivity index (χ0n) is 9.14. The van der Waals surface area contributed by atoms with Crippen LogP contribution in [0.2, 0.25) is 10.2 Å². The number of anilines is 1. The van der Waals surface area contributed by atoms with Gasteiger partial charge in [0.2, 0.25) is 0 Å². The summed E-state index contributed by atoms with van der Waals surface area (Å²) < 4.78 is 39.7. The first-order valence-corrected chi connectivity index (χ1v) is 7.09. The number of nitrogens with one attached hydrogen (secondary N) is 1. The highest BCUT2D eigenvalue weighted by atomic mass is 35.5. The Labute approximate surface area is 118 Å². The molecule has 2 rings (SSSR count). The molecule has 0 aliphatic rings. The van der Waals surface area contributed by atoms with Crippen molar-refractivity contribution in [1.29, 1.82) is 0 Å². The van der Waals surface area contributed by atoms with Gasteiger partial charge in [0.25, 0.3) is 10.0 Å². The summed E-state index contributed by atoms with van der Waals surface area (Å²) in [5, 5.41) is -0.443. The van der Waals surface area contributed by atoms with Crippen molar-refractivity contribution in [3.05, 3.63) is 46.6 Å². The largest absolute Gasteiger partial charge is 0.266 e. The molecule has 0 atom stereocenters. The lowest BCUT2D eigenvalue weighted by atomic mass is 10.3. The average molecular weight is 322 g/mol. The van der Waals surface area contributed by atoms with Crippen molar-refractivity contribution in [2.45, 2.75) is 4.90 Å². The van der Waals surface area contributed by atoms with Gasteiger partial charge in [0.05, 0.1) is 5.02 Å². The molecule has 1 aromatic carbocycles. The highest BCUT2D eigenvalue weighted by Gasteiger charge is 2.22. The molecule has 0 radical (unpaired) electrons. The lowest BCUT2D eigenvalue weighted by molar-refractivity contribution is 0.570. The summed E-state index contributed by atoms with van der Waals surface area (Å²) in [6.07, 6.45) is 2.54. The standard InChI is InChI=1S/C10H6Cl2FN3O2S/c11-6-2-1-3-7(8(6)13)19(17,18)16-10-9(12)14-4-5-15-10/h1-5H,(H,15,16). The third-order valence-electron chi connectivity index (χ3n) is 2.09. The number of halogens is 3. The van der Waals surface area contributed by atoms with E-state index < -0.39 is 20.7 Å². The second-order valence-electron chi connectivity index (χ2n) is 3.35. The molecule has 1 heterocycles. The fourth-order valence-corrected chi connectivity index (χ4v) is 2.82. The van der Waals surface area contributed by atoms with Gasteiger partial charge in [-0.3, -0.25) is 4.72 Å². The molecule has 0 aliphatic heterocycles. The maximum atomic E-state index is 13.7. The lowest BCUT2D eigenvalue weighted by Crippen LogP contribution is -2.16. The van der Waals surface area contributed by atoms with E-state index in [9.17, 15) is 12.8 Å². The van der Waals surface area contributed by atoms with Crippen LogP contribution in [0.1, 0.15) is 0 Å². The van der Waals surface area contributed by atoms with Crippen LogP contribution in [0.3, 0.4) is 0 Å². The zero-order valence-corrected chi connectivity index (χ0v) is 11.5. The van der Waals surface area contributed by atoms with E-state index in [1.165, 1.54) is 24.5 Å². The number of sulfonamides is 1. The monoisotopic (exact) mass is 321 g/mol. The molecule has 0 unspecified atom stereocenters. The van der Waals surface area contributed by atoms with Crippen molar-refractivity contribution < 1.29 is 12.8 Å². The number of benzene rings is 1. The minimum Gasteiger partial charge on any atom is -0.261 e. The number of aromatic nitrogens is 2. The SMILES string of the molecule is O=S(=O)(Nc1nccnc1Cl)c1cccc(Cl)c1F. The van der Waals surface area contributed by atoms with Crippen LogP contribution in [0.5, 0.6) is 0 Å². The second kappa shape index (κ2) is 5.28. The topological polar surface area (TPSA) is 72.0 Å². The van der Waals surface area contributed by atoms with Gasteiger partial charge in [-0.15, -0.1) is 0 Å². The van der Waals surface area contributed by atoms with Gasteiger partial charge in [0, 0.05) is 12.4 Å². The van der Waals surface area contributed by atoms with E-state index in [1.54, 1.807) is 0 Å². The Balaban J connectivity index is 2.44. The van der Waals surface area contributed by atoms with E-state index in [0.717, 1.165) is 6.07 Å². The molecule has 1 aromatic heterocycles. The Hall–Kier alpha value is -1.44. The molecule has 0 spiro atoms. The predicted octanol–water partition coefficient (Wildman–Crippen LogP) is 2.72. The number of hydrogen-bond acceptors (Lipinski definition) is 4. The minimum absolute atomic E-state index is 0.145. The van der Waals surface area contributed by atoms with E-state index in [-0.39, 0.29) is 16.0 Å². The third kappa shape index (κ3) is 2.94. The minimum atomic E-state index is -4.19. The van der Waals surface area contributed by atoms with E-state index >= 15 is 0 Å². The van der Waals surface area contributed by atoms with E-state index in [4.69, 9.17) is 23.2 Å². The van der Waals surface area contributed by atoms with Gasteiger partial charge in [-0.2, -0.15) is 0 Å². The van der Waals surface area contributed by atoms with Crippen LogP contribution < -0.4 is 4.72 Å². The van der Waals surface area contributed by atoms with E-state index in [2.05, 4.69) is 9.97 Å². The molecule has 9 heteroatoms. The Morgan fingerprint density at radius 1 is 1.16 bits per heavy atom. The summed E-state index contributed by atoms with van der Waals surface area (Å²) in [6, 6.07) is 3.64. The number of rotatable bonds is 3. The maximum absolute atomic E-state index is 13.7. The van der Waals surface area contributed by atoms with Crippen LogP contribution in [0.25, 0.3) is 0 Å². The van der Waals surface area contributed by atoms with Crippen LogP contribution in [0.4, 0.5) is 10.2 Å². The molecule has 19 heavy (non-hydrogen) atoms. The highest BCUT2D eigenvalue weighted by molar-refractivity contribution is 7.92. The van der Waals surface area contributed by atoms with Crippen LogP contribution in [-0.2, 0) is 10.0 Å². The predicted molar refractivity (Wildman–Crippen MR) is 69.3 cm³/mol. The quantitative estimate of drug-likeness (QED) is 0.943. The first kappa shape index (κ1) is 14.0. The summed E-state index contributed by atoms with van der Waals surface area (Å²) in [4.78, 5) is 6.76. The van der Waals surface area contributed by atoms with Crippen molar-refractivity contribution in [3.63, 3.8) is 0 Å². The molecular weight excluding hydrogens is 316 g/mol. The molecule has 0 saturated carbocycles. The van der Waals surface area contributed by atoms with Crippen molar-refractivity contribution in [2.24, 2.45) is 0 Å². The lowest BCUT2D eigenvalue weighted by Gasteiger charge is -2.09. The molecule has 100 valence electrons. The summed E-state index contributed by atoms with van der Waals surface area (Å²) in [7, 11) is -4.19. The molecule has 0 fully saturated rings. The van der Waals surface area contributed by atoms with Crippen molar-refractivity contribution in [3.8, 4) is 0 Å². The van der Waals surface area contributed by atoms with Crippen molar-refractivity contribution in [2.75, 3.05) is 4.72 Å². The Morgan fingerprint density at radius 3 is 2.53 bits per heavy atom. The van der Waals surface area contributed by atoms with Gasteiger partial charge >= 0.3 is 0 Å². The molecule has 5 nitrogen and oxygen atoms in total. The first-order valence-electron chi connectivity index (χ1n) is 4.85. The number of hydrogen-bond donors (Lipinski definition) is 1. The van der Waals surface area contributed by atoms with Gasteiger partial charge in [-0.05, 0) is 12.1 Å². The second-order valence-corrected chi connectivity index (χ2v) is 5.77. The molecule has 1 N–H and O–H groups in total. The summed E-state index contributed by atoms with van der Waals surface area (Å²) in [6.45, 7) is 0. The third-order valence-corrected chi connectivity index (χ3v) is 4.02. The molecule has 0 amide bonds. The van der Waals surface area contributed by atoms with Gasteiger partial charge in [0.15, 0.2) is 16.8 Å². The van der Waals surface area contributed by atoms with Crippen LogP contribution in [-0.4, -0.2) is 18.4 Å². The van der Waals surface area contributed by atoms with Gasteiger partial charge in [-0.1, -0.05) is 29.3 Å². The normalized spacial score (nSPS) is 11.3. The molecule has 2 aromatic rings. The molecular formula is C10H6Cl2FN3O2S. The zero-order chi connectivity index (χ0) is 14.0. The fraction of sp³-hybridized carbons (Fsp3) is 0. The Bertz CT molecular complexity index is 724. The van der Waals surface area contributed by atoms with E-state index in [1.807, 2.05) is 4.72 Å². The highest BCUT2D eigenvalue weighted by Crippen LogP contribution is 2.25. The van der Waals surface area contributed by atoms with Gasteiger partial charge < -0.3 is 0 Å². The average Bonchev–Trinajstić information content (AvgIpc) is 2.35. The Morgan fingerprint density at radius 2 is 1.84 bits per heavy atom. The van der Waals surface area contributed by atoms with E-state index in [0.29, 0.717) is 0 Å². The van der Waals surface area contributed by atoms with Crippen molar-refractivity contribution >= 4 is 39.0 Å². The van der Waals surface area contributed by atoms with Crippen LogP contribution in [0, 0.1) is 5.82 Å². The summed E-state index contributed by atoms with van der Waals surface area (Å²) >= 11 is 11.2. The maximum Gasteiger partial charge on any atom is 0.266 e. The van der Waals surface area contributed by atoms with Crippen LogP contribution in [0.15, 0.2) is 35.5 Å². The number of nitrogens with zero attached hydrogens (tertiary/aromatic N) is 2. The first-order chi connectivity index (χ1) is 8.92. The molecule has 0 saturated heterocycles. The summed E-state index contributed by atoms with van der Waals surface area (Å²) in [5.41, 5.74) is 0. The van der Waals surface area contributed by atoms with Crippen LogP contribution >= 0.6 is 23.2 Å². The van der Waals surface area contributed by atoms with Gasteiger partial charge in [0.1, 0.15) is 4.90 Å². The fourth-order valence-electron chi connectivity index (χ4n) is 1.26. The smallest absolute Gasteiger partial charge is 0.261 e. The summed E-state index contributed by atoms with van der Waals surface area (Å²) in [5.74, 6) is -1.24. The molecule has 0 bridgehead atoms. The van der Waals surface area contributed by atoms with Crippen molar-refractivity contribution in [1.82, 2.24) is 9.97 Å².